The van der Waals surface area contributed by atoms with Gasteiger partial charge in [0.15, 0.2) is 0 Å². The van der Waals surface area contributed by atoms with Crippen molar-refractivity contribution in [3.8, 4) is 0 Å². The van der Waals surface area contributed by atoms with Crippen LogP contribution in [-0.4, -0.2) is 73.5 Å². The van der Waals surface area contributed by atoms with Crippen LogP contribution in [0.25, 0.3) is 0 Å². The quantitative estimate of drug-likeness (QED) is 0.738. The van der Waals surface area contributed by atoms with Gasteiger partial charge in [-0.15, -0.1) is 0 Å². The van der Waals surface area contributed by atoms with E-state index in [0.29, 0.717) is 52.2 Å². The van der Waals surface area contributed by atoms with Gasteiger partial charge in [-0.3, -0.25) is 14.4 Å². The highest BCUT2D eigenvalue weighted by molar-refractivity contribution is 5.80. The molecule has 0 atom stereocenters. The first-order valence-corrected chi connectivity index (χ1v) is 7.46. The summed E-state index contributed by atoms with van der Waals surface area (Å²) in [6.07, 6.45) is 1.42. The minimum atomic E-state index is -0.0269. The van der Waals surface area contributed by atoms with Crippen molar-refractivity contribution in [1.29, 1.82) is 0 Å². The van der Waals surface area contributed by atoms with Gasteiger partial charge >= 0.3 is 0 Å². The molecule has 2 aliphatic heterocycles. The lowest BCUT2D eigenvalue weighted by Gasteiger charge is -2.31. The van der Waals surface area contributed by atoms with E-state index in [1.165, 1.54) is 0 Å². The number of morpholine rings is 1. The van der Waals surface area contributed by atoms with Crippen LogP contribution in [0.15, 0.2) is 0 Å². The molecule has 0 spiro atoms. The minimum absolute atomic E-state index is 0.0229. The second-order valence-electron chi connectivity index (χ2n) is 5.50. The van der Waals surface area contributed by atoms with E-state index in [0.717, 1.165) is 0 Å². The fraction of sp³-hybridized carbons (Fsp3) is 0.786. The molecule has 1 N–H and O–H groups in total. The number of ether oxygens (including phenoxy) is 1. The zero-order valence-electron chi connectivity index (χ0n) is 12.5. The van der Waals surface area contributed by atoms with Gasteiger partial charge in [0, 0.05) is 45.6 Å². The Hall–Kier alpha value is -1.63. The lowest BCUT2D eigenvalue weighted by Crippen LogP contribution is -2.47. The minimum Gasteiger partial charge on any atom is -0.370 e. The maximum Gasteiger partial charge on any atom is 0.248 e. The third-order valence-electron chi connectivity index (χ3n) is 4.08. The van der Waals surface area contributed by atoms with E-state index in [1.54, 1.807) is 16.7 Å². The molecule has 0 saturated carbocycles. The summed E-state index contributed by atoms with van der Waals surface area (Å²) in [5.41, 5.74) is 0. The Morgan fingerprint density at radius 1 is 1.29 bits per heavy atom. The van der Waals surface area contributed by atoms with Crippen LogP contribution in [-0.2, 0) is 19.1 Å². The number of carbonyl (C=O) groups excluding carboxylic acids is 3. The second-order valence-corrected chi connectivity index (χ2v) is 5.50. The first-order chi connectivity index (χ1) is 10.1. The topological polar surface area (TPSA) is 79.0 Å². The summed E-state index contributed by atoms with van der Waals surface area (Å²) in [6, 6.07) is 0. The first-order valence-electron chi connectivity index (χ1n) is 7.46. The Bertz CT molecular complexity index is 405. The molecule has 0 aromatic carbocycles. The van der Waals surface area contributed by atoms with Crippen molar-refractivity contribution in [2.24, 2.45) is 5.92 Å². The monoisotopic (exact) mass is 297 g/mol. The van der Waals surface area contributed by atoms with Crippen LogP contribution in [0, 0.1) is 5.92 Å². The maximum atomic E-state index is 12.1. The van der Waals surface area contributed by atoms with Gasteiger partial charge in [-0.05, 0) is 12.8 Å². The van der Waals surface area contributed by atoms with E-state index in [-0.39, 0.29) is 30.2 Å². The summed E-state index contributed by atoms with van der Waals surface area (Å²) in [7, 11) is 0. The number of rotatable bonds is 4. The van der Waals surface area contributed by atoms with Crippen LogP contribution in [0.1, 0.15) is 19.8 Å². The molecule has 0 aliphatic carbocycles. The molecule has 0 unspecified atom stereocenters. The van der Waals surface area contributed by atoms with E-state index in [2.05, 4.69) is 5.32 Å². The van der Waals surface area contributed by atoms with Gasteiger partial charge in [-0.2, -0.15) is 0 Å². The maximum absolute atomic E-state index is 12.1. The largest absolute Gasteiger partial charge is 0.370 e. The molecule has 2 rings (SSSR count). The van der Waals surface area contributed by atoms with E-state index in [9.17, 15) is 14.4 Å². The predicted octanol–water partition coefficient (Wildman–Crippen LogP) is -0.780. The normalized spacial score (nSPS) is 20.5. The zero-order valence-corrected chi connectivity index (χ0v) is 12.5. The summed E-state index contributed by atoms with van der Waals surface area (Å²) in [6.45, 7) is 5.13. The van der Waals surface area contributed by atoms with Crippen molar-refractivity contribution in [2.75, 3.05) is 45.9 Å². The summed E-state index contributed by atoms with van der Waals surface area (Å²) in [5, 5.41) is 2.89. The standard InChI is InChI=1S/C14H23N3O4/c1-11(18)16-5-2-12(3-6-16)14(20)15-4-7-17-8-9-21-10-13(17)19/h12H,2-10H2,1H3,(H,15,20). The molecule has 0 bridgehead atoms. The molecule has 0 aromatic rings. The lowest BCUT2D eigenvalue weighted by molar-refractivity contribution is -0.142. The average molecular weight is 297 g/mol. The fourth-order valence-electron chi connectivity index (χ4n) is 2.70. The summed E-state index contributed by atoms with van der Waals surface area (Å²) in [5.74, 6) is 0.0462. The van der Waals surface area contributed by atoms with Crippen LogP contribution in [0.5, 0.6) is 0 Å². The first kappa shape index (κ1) is 15.8. The number of piperidine rings is 1. The van der Waals surface area contributed by atoms with E-state index < -0.39 is 0 Å². The Kier molecular flexibility index (Phi) is 5.55. The molecular formula is C14H23N3O4. The van der Waals surface area contributed by atoms with Gasteiger partial charge in [-0.25, -0.2) is 0 Å². The molecule has 2 heterocycles. The number of hydrogen-bond acceptors (Lipinski definition) is 4. The Morgan fingerprint density at radius 2 is 2.00 bits per heavy atom. The predicted molar refractivity (Wildman–Crippen MR) is 75.4 cm³/mol. The number of nitrogens with one attached hydrogen (secondary N) is 1. The van der Waals surface area contributed by atoms with Crippen LogP contribution in [0.2, 0.25) is 0 Å². The van der Waals surface area contributed by atoms with Crippen molar-refractivity contribution in [3.05, 3.63) is 0 Å². The molecule has 2 saturated heterocycles. The van der Waals surface area contributed by atoms with Crippen molar-refractivity contribution >= 4 is 17.7 Å². The summed E-state index contributed by atoms with van der Waals surface area (Å²) in [4.78, 5) is 38.3. The zero-order chi connectivity index (χ0) is 15.2. The molecule has 7 nitrogen and oxygen atoms in total. The molecule has 118 valence electrons. The van der Waals surface area contributed by atoms with Gasteiger partial charge in [0.2, 0.25) is 17.7 Å². The third-order valence-corrected chi connectivity index (χ3v) is 4.08. The Labute approximate surface area is 124 Å². The number of nitrogens with zero attached hydrogens (tertiary/aromatic N) is 2. The lowest BCUT2D eigenvalue weighted by atomic mass is 9.96. The highest BCUT2D eigenvalue weighted by atomic mass is 16.5. The van der Waals surface area contributed by atoms with E-state index in [4.69, 9.17) is 4.74 Å². The molecule has 7 heteroatoms. The van der Waals surface area contributed by atoms with E-state index >= 15 is 0 Å². The molecular weight excluding hydrogens is 274 g/mol. The average Bonchev–Trinajstić information content (AvgIpc) is 2.49. The number of amides is 3. The van der Waals surface area contributed by atoms with Crippen LogP contribution >= 0.6 is 0 Å². The molecule has 2 fully saturated rings. The highest BCUT2D eigenvalue weighted by Crippen LogP contribution is 2.17. The van der Waals surface area contributed by atoms with Crippen LogP contribution in [0.3, 0.4) is 0 Å². The van der Waals surface area contributed by atoms with Crippen molar-refractivity contribution in [2.45, 2.75) is 19.8 Å². The summed E-state index contributed by atoms with van der Waals surface area (Å²) >= 11 is 0. The van der Waals surface area contributed by atoms with Crippen LogP contribution in [0.4, 0.5) is 0 Å². The fourth-order valence-corrected chi connectivity index (χ4v) is 2.70. The van der Waals surface area contributed by atoms with Gasteiger partial charge in [-0.1, -0.05) is 0 Å². The number of likely N-dealkylation sites (tertiary alicyclic amines) is 1. The van der Waals surface area contributed by atoms with Gasteiger partial charge < -0.3 is 19.9 Å². The number of carbonyl (C=O) groups is 3. The van der Waals surface area contributed by atoms with Crippen molar-refractivity contribution < 1.29 is 19.1 Å². The van der Waals surface area contributed by atoms with Crippen molar-refractivity contribution in [3.63, 3.8) is 0 Å². The molecule has 0 radical (unpaired) electrons. The molecule has 3 amide bonds. The van der Waals surface area contributed by atoms with Gasteiger partial charge in [0.05, 0.1) is 6.61 Å². The van der Waals surface area contributed by atoms with Gasteiger partial charge in [0.1, 0.15) is 6.61 Å². The van der Waals surface area contributed by atoms with Crippen LogP contribution < -0.4 is 5.32 Å². The molecule has 21 heavy (non-hydrogen) atoms. The molecule has 0 aromatic heterocycles. The van der Waals surface area contributed by atoms with Gasteiger partial charge in [0.25, 0.3) is 0 Å². The smallest absolute Gasteiger partial charge is 0.248 e. The Morgan fingerprint density at radius 3 is 2.62 bits per heavy atom. The SMILES string of the molecule is CC(=O)N1CCC(C(=O)NCCN2CCOCC2=O)CC1. The molecule has 2 aliphatic rings. The second kappa shape index (κ2) is 7.40. The highest BCUT2D eigenvalue weighted by Gasteiger charge is 2.26. The van der Waals surface area contributed by atoms with E-state index in [1.807, 2.05) is 0 Å². The van der Waals surface area contributed by atoms with Crippen molar-refractivity contribution in [1.82, 2.24) is 15.1 Å². The Balaban J connectivity index is 1.66. The third kappa shape index (κ3) is 4.42. The summed E-state index contributed by atoms with van der Waals surface area (Å²) < 4.78 is 5.05. The number of hydrogen-bond donors (Lipinski definition) is 1.